The fraction of sp³-hybridized carbons (Fsp3) is 0.360. The van der Waals surface area contributed by atoms with Gasteiger partial charge in [-0.1, -0.05) is 6.07 Å². The van der Waals surface area contributed by atoms with Crippen LogP contribution in [0.4, 0.5) is 17.5 Å². The molecule has 0 spiro atoms. The molecule has 1 aliphatic heterocycles. The number of hydrogen-bond donors (Lipinski definition) is 3. The molecule has 36 heavy (non-hydrogen) atoms. The van der Waals surface area contributed by atoms with Crippen LogP contribution in [0.3, 0.4) is 0 Å². The minimum atomic E-state index is -3.97. The van der Waals surface area contributed by atoms with Gasteiger partial charge in [0.1, 0.15) is 17.3 Å². The summed E-state index contributed by atoms with van der Waals surface area (Å²) in [5, 5.41) is 0. The molecule has 3 aromatic rings. The van der Waals surface area contributed by atoms with Crippen molar-refractivity contribution in [2.24, 2.45) is 0 Å². The maximum absolute atomic E-state index is 13.1. The molecule has 192 valence electrons. The number of aromatic nitrogens is 2. The van der Waals surface area contributed by atoms with Gasteiger partial charge in [0.2, 0.25) is 5.95 Å². The molecular weight excluding hydrogens is 482 g/mol. The first kappa shape index (κ1) is 25.5. The lowest BCUT2D eigenvalue weighted by Gasteiger charge is -2.19. The van der Waals surface area contributed by atoms with Crippen molar-refractivity contribution in [3.8, 4) is 22.6 Å². The highest BCUT2D eigenvalue weighted by Crippen LogP contribution is 2.42. The molecule has 1 atom stereocenters. The number of aryl methyl sites for hydroxylation is 1. The Morgan fingerprint density at radius 3 is 2.58 bits per heavy atom. The first-order chi connectivity index (χ1) is 17.1. The maximum Gasteiger partial charge on any atom is 0.311 e. The van der Waals surface area contributed by atoms with E-state index >= 15 is 0 Å². The predicted octanol–water partition coefficient (Wildman–Crippen LogP) is 3.08. The number of nitrogens with two attached hydrogens (primary N) is 3. The van der Waals surface area contributed by atoms with E-state index in [-0.39, 0.29) is 23.3 Å². The van der Waals surface area contributed by atoms with E-state index in [2.05, 4.69) is 9.97 Å². The Labute approximate surface area is 210 Å². The molecule has 1 aromatic heterocycles. The van der Waals surface area contributed by atoms with Gasteiger partial charge in [-0.3, -0.25) is 0 Å². The van der Waals surface area contributed by atoms with E-state index in [0.717, 1.165) is 12.0 Å². The lowest BCUT2D eigenvalue weighted by atomic mass is 9.97. The minimum absolute atomic E-state index is 0.0737. The van der Waals surface area contributed by atoms with Gasteiger partial charge >= 0.3 is 10.1 Å². The van der Waals surface area contributed by atoms with Crippen molar-refractivity contribution in [3.63, 3.8) is 0 Å². The van der Waals surface area contributed by atoms with Crippen molar-refractivity contribution < 1.29 is 22.1 Å². The molecule has 4 rings (SSSR count). The highest BCUT2D eigenvalue weighted by molar-refractivity contribution is 7.87. The van der Waals surface area contributed by atoms with Gasteiger partial charge in [0.05, 0.1) is 18.3 Å². The van der Waals surface area contributed by atoms with E-state index in [0.29, 0.717) is 59.7 Å². The summed E-state index contributed by atoms with van der Waals surface area (Å²) >= 11 is 0. The number of rotatable bonds is 9. The molecule has 2 heterocycles. The monoisotopic (exact) mass is 513 g/mol. The summed E-state index contributed by atoms with van der Waals surface area (Å²) in [7, 11) is -3.97. The molecule has 1 aliphatic rings. The van der Waals surface area contributed by atoms with Crippen molar-refractivity contribution in [2.75, 3.05) is 36.2 Å². The first-order valence-corrected chi connectivity index (χ1v) is 13.3. The van der Waals surface area contributed by atoms with Gasteiger partial charge in [0.15, 0.2) is 5.75 Å². The average Bonchev–Trinajstić information content (AvgIpc) is 3.30. The third kappa shape index (κ3) is 5.97. The molecule has 11 heteroatoms. The zero-order valence-corrected chi connectivity index (χ0v) is 21.2. The third-order valence-corrected chi connectivity index (χ3v) is 7.14. The van der Waals surface area contributed by atoms with Crippen LogP contribution in [0.2, 0.25) is 0 Å². The SMILES string of the molecule is CCOc1cc(Cc2cnc(N)nc2N)cc(OS(=O)(=O)CC2CCCO2)c1-c1ccc(N)c(C)c1. The highest BCUT2D eigenvalue weighted by atomic mass is 32.2. The van der Waals surface area contributed by atoms with Crippen molar-refractivity contribution >= 4 is 27.6 Å². The molecule has 2 aromatic carbocycles. The highest BCUT2D eigenvalue weighted by Gasteiger charge is 2.27. The number of hydrogen-bond acceptors (Lipinski definition) is 10. The van der Waals surface area contributed by atoms with Gasteiger partial charge in [0, 0.05) is 30.5 Å². The summed E-state index contributed by atoms with van der Waals surface area (Å²) in [6, 6.07) is 8.96. The fourth-order valence-corrected chi connectivity index (χ4v) is 5.35. The Morgan fingerprint density at radius 2 is 1.92 bits per heavy atom. The Bertz CT molecular complexity index is 1360. The smallest absolute Gasteiger partial charge is 0.311 e. The second kappa shape index (κ2) is 10.6. The Morgan fingerprint density at radius 1 is 1.14 bits per heavy atom. The van der Waals surface area contributed by atoms with Crippen LogP contribution in [0.25, 0.3) is 11.1 Å². The standard InChI is InChI=1S/C25H31N5O5S/c1-3-33-21-11-16(10-18-13-29-25(28)30-24(18)27)12-22(23(21)17-6-7-20(26)15(2)9-17)35-36(31,32)14-19-5-4-8-34-19/h6-7,9,11-13,19H,3-5,8,10,14,26H2,1-2H3,(H4,27,28,29,30). The summed E-state index contributed by atoms with van der Waals surface area (Å²) in [5.41, 5.74) is 21.7. The second-order valence-corrected chi connectivity index (χ2v) is 10.3. The number of benzene rings is 2. The zero-order chi connectivity index (χ0) is 25.9. The molecular formula is C25H31N5O5S. The van der Waals surface area contributed by atoms with Crippen LogP contribution < -0.4 is 26.1 Å². The molecule has 0 saturated carbocycles. The maximum atomic E-state index is 13.1. The number of nitrogen functional groups attached to an aromatic ring is 3. The lowest BCUT2D eigenvalue weighted by Crippen LogP contribution is -2.24. The number of ether oxygens (including phenoxy) is 2. The number of nitrogens with zero attached hydrogens (tertiary/aromatic N) is 2. The van der Waals surface area contributed by atoms with Crippen LogP contribution in [0.1, 0.15) is 36.5 Å². The van der Waals surface area contributed by atoms with Crippen LogP contribution >= 0.6 is 0 Å². The van der Waals surface area contributed by atoms with Crippen LogP contribution in [-0.4, -0.2) is 43.5 Å². The zero-order valence-electron chi connectivity index (χ0n) is 20.4. The van der Waals surface area contributed by atoms with Crippen LogP contribution in [-0.2, 0) is 21.3 Å². The van der Waals surface area contributed by atoms with Crippen molar-refractivity contribution in [3.05, 3.63) is 53.2 Å². The molecule has 6 N–H and O–H groups in total. The summed E-state index contributed by atoms with van der Waals surface area (Å²) in [6.45, 7) is 4.64. The van der Waals surface area contributed by atoms with Crippen molar-refractivity contribution in [1.82, 2.24) is 9.97 Å². The molecule has 0 radical (unpaired) electrons. The van der Waals surface area contributed by atoms with Crippen LogP contribution in [0.15, 0.2) is 36.5 Å². The summed E-state index contributed by atoms with van der Waals surface area (Å²) < 4.78 is 43.4. The number of anilines is 3. The molecule has 0 bridgehead atoms. The van der Waals surface area contributed by atoms with E-state index in [1.54, 1.807) is 18.3 Å². The molecule has 1 unspecified atom stereocenters. The normalized spacial score (nSPS) is 15.7. The van der Waals surface area contributed by atoms with E-state index in [9.17, 15) is 8.42 Å². The second-order valence-electron chi connectivity index (χ2n) is 8.73. The molecule has 10 nitrogen and oxygen atoms in total. The van der Waals surface area contributed by atoms with E-state index < -0.39 is 16.2 Å². The van der Waals surface area contributed by atoms with E-state index in [1.807, 2.05) is 32.0 Å². The summed E-state index contributed by atoms with van der Waals surface area (Å²) in [5.74, 6) is 0.696. The molecule has 1 fully saturated rings. The van der Waals surface area contributed by atoms with Gasteiger partial charge in [0.25, 0.3) is 0 Å². The van der Waals surface area contributed by atoms with Gasteiger partial charge < -0.3 is 30.9 Å². The van der Waals surface area contributed by atoms with Gasteiger partial charge in [-0.25, -0.2) is 4.98 Å². The minimum Gasteiger partial charge on any atom is -0.493 e. The van der Waals surface area contributed by atoms with E-state index in [1.165, 1.54) is 0 Å². The Balaban J connectivity index is 1.81. The molecule has 1 saturated heterocycles. The Hall–Kier alpha value is -3.57. The predicted molar refractivity (Wildman–Crippen MR) is 139 cm³/mol. The first-order valence-electron chi connectivity index (χ1n) is 11.7. The molecule has 0 aliphatic carbocycles. The van der Waals surface area contributed by atoms with Crippen LogP contribution in [0, 0.1) is 6.92 Å². The van der Waals surface area contributed by atoms with E-state index in [4.69, 9.17) is 30.9 Å². The quantitative estimate of drug-likeness (QED) is 0.286. The third-order valence-electron chi connectivity index (χ3n) is 5.93. The van der Waals surface area contributed by atoms with Gasteiger partial charge in [-0.15, -0.1) is 0 Å². The van der Waals surface area contributed by atoms with Gasteiger partial charge in [-0.2, -0.15) is 13.4 Å². The Kier molecular flexibility index (Phi) is 7.51. The molecule has 0 amide bonds. The van der Waals surface area contributed by atoms with Crippen LogP contribution in [0.5, 0.6) is 11.5 Å². The topological polar surface area (TPSA) is 166 Å². The fourth-order valence-electron chi connectivity index (χ4n) is 4.16. The lowest BCUT2D eigenvalue weighted by molar-refractivity contribution is 0.126. The van der Waals surface area contributed by atoms with Crippen molar-refractivity contribution in [2.45, 2.75) is 39.2 Å². The summed E-state index contributed by atoms with van der Waals surface area (Å²) in [6.07, 6.45) is 2.97. The largest absolute Gasteiger partial charge is 0.493 e. The van der Waals surface area contributed by atoms with Gasteiger partial charge in [-0.05, 0) is 67.6 Å². The average molecular weight is 514 g/mol. The summed E-state index contributed by atoms with van der Waals surface area (Å²) in [4.78, 5) is 8.03. The van der Waals surface area contributed by atoms with Crippen molar-refractivity contribution in [1.29, 1.82) is 0 Å².